The number of methoxy groups -OCH3 is 1. The smallest absolute Gasteiger partial charge is 0.590 e. The Balaban J connectivity index is 0.000000529. The maximum absolute atomic E-state index is 8.54. The van der Waals surface area contributed by atoms with Gasteiger partial charge in [-0.25, -0.2) is 0 Å². The molecule has 0 saturated carbocycles. The zero-order valence-corrected chi connectivity index (χ0v) is 12.7. The van der Waals surface area contributed by atoms with Crippen LogP contribution in [0.2, 0.25) is 0 Å². The molecule has 1 radical (unpaired) electrons. The number of rotatable bonds is 3. The van der Waals surface area contributed by atoms with Crippen LogP contribution in [0.1, 0.15) is 5.56 Å². The molecule has 2 aromatic rings. The molecule has 0 saturated heterocycles. The summed E-state index contributed by atoms with van der Waals surface area (Å²) in [5.74, 6) is 0.648. The van der Waals surface area contributed by atoms with Crippen LogP contribution in [0.25, 0.3) is 5.43 Å². The molecule has 119 valence electrons. The van der Waals surface area contributed by atoms with E-state index in [-0.39, 0.29) is 22.8 Å². The number of hydrogen-bond donors (Lipinski definition) is 1. The van der Waals surface area contributed by atoms with Crippen molar-refractivity contribution in [3.8, 4) is 11.5 Å². The number of aromatic nitrogens is 1. The predicted molar refractivity (Wildman–Crippen MR) is 82.4 cm³/mol. The molecule has 0 fully saturated rings. The van der Waals surface area contributed by atoms with Gasteiger partial charge in [0.1, 0.15) is 0 Å². The van der Waals surface area contributed by atoms with Crippen LogP contribution in [-0.2, 0) is 17.1 Å². The van der Waals surface area contributed by atoms with Crippen molar-refractivity contribution in [2.75, 3.05) is 7.11 Å². The first kappa shape index (κ1) is 19.4. The first-order valence-corrected chi connectivity index (χ1v) is 5.94. The molecule has 0 unspecified atom stereocenters. The summed E-state index contributed by atoms with van der Waals surface area (Å²) in [4.78, 5) is 12.3. The SMILES string of the molecule is COc1cccc(C=N[N-]C(N)=[OH+])c1[OH2+].[Cu+2].c1ccncc1. The van der Waals surface area contributed by atoms with Gasteiger partial charge in [0.05, 0.1) is 12.7 Å². The molecule has 0 bridgehead atoms. The van der Waals surface area contributed by atoms with Crippen molar-refractivity contribution < 1.29 is 31.7 Å². The van der Waals surface area contributed by atoms with Crippen molar-refractivity contribution >= 4 is 12.2 Å². The summed E-state index contributed by atoms with van der Waals surface area (Å²) in [7, 11) is 1.48. The van der Waals surface area contributed by atoms with E-state index in [1.807, 2.05) is 18.2 Å². The number of urea groups is 1. The molecule has 1 heterocycles. The molecule has 2 amide bonds. The molecule has 5 N–H and O–H groups in total. The Morgan fingerprint density at radius 1 is 1.32 bits per heavy atom. The minimum Gasteiger partial charge on any atom is -0.590 e. The molecular formula is C14H17CuN4O3+3. The van der Waals surface area contributed by atoms with Gasteiger partial charge in [0.25, 0.3) is 0 Å². The average Bonchev–Trinajstić information content (AvgIpc) is 2.51. The molecule has 2 rings (SSSR count). The Labute approximate surface area is 138 Å². The molecule has 0 spiro atoms. The zero-order valence-electron chi connectivity index (χ0n) is 11.8. The van der Waals surface area contributed by atoms with Gasteiger partial charge in [0, 0.05) is 18.6 Å². The van der Waals surface area contributed by atoms with E-state index >= 15 is 0 Å². The van der Waals surface area contributed by atoms with Crippen molar-refractivity contribution in [1.82, 2.24) is 4.98 Å². The minimum absolute atomic E-state index is 0. The fraction of sp³-hybridized carbons (Fsp3) is 0.0714. The van der Waals surface area contributed by atoms with Crippen LogP contribution in [0.4, 0.5) is 0 Å². The number of benzene rings is 1. The van der Waals surface area contributed by atoms with Crippen molar-refractivity contribution in [2.24, 2.45) is 10.8 Å². The molecule has 0 atom stereocenters. The van der Waals surface area contributed by atoms with Gasteiger partial charge in [-0.15, -0.1) is 0 Å². The zero-order chi connectivity index (χ0) is 15.5. The normalized spacial score (nSPS) is 9.14. The Morgan fingerprint density at radius 2 is 2.00 bits per heavy atom. The van der Waals surface area contributed by atoms with Gasteiger partial charge in [-0.3, -0.25) is 20.3 Å². The molecule has 0 aliphatic heterocycles. The summed E-state index contributed by atoms with van der Waals surface area (Å²) in [5.41, 5.74) is 8.61. The van der Waals surface area contributed by atoms with Gasteiger partial charge in [-0.2, -0.15) is 0 Å². The molecule has 1 aromatic heterocycles. The summed E-state index contributed by atoms with van der Waals surface area (Å²) in [6.07, 6.45) is 4.81. The standard InChI is InChI=1S/C9H11N3O3.C5H5N.Cu/c1-15-7-4-2-3-6(8(7)13)5-11-12-9(10)14;1-2-4-6-5-3-1;/h2-5H,1H3,(H4,10,11,12,13,14);1-5H;/q;;+2/p+1. The van der Waals surface area contributed by atoms with E-state index in [4.69, 9.17) is 20.4 Å². The Hall–Kier alpha value is -2.57. The largest absolute Gasteiger partial charge is 2.00 e. The third-order valence-corrected chi connectivity index (χ3v) is 2.20. The van der Waals surface area contributed by atoms with E-state index in [2.05, 4.69) is 15.5 Å². The second kappa shape index (κ2) is 11.1. The van der Waals surface area contributed by atoms with E-state index in [0.29, 0.717) is 11.3 Å². The minimum atomic E-state index is -0.624. The Bertz CT molecular complexity index is 567. The quantitative estimate of drug-likeness (QED) is 0.388. The molecule has 0 aliphatic carbocycles. The van der Waals surface area contributed by atoms with Crippen LogP contribution in [0.5, 0.6) is 11.5 Å². The average molecular weight is 353 g/mol. The van der Waals surface area contributed by atoms with Crippen molar-refractivity contribution in [3.05, 3.63) is 59.8 Å². The van der Waals surface area contributed by atoms with Crippen LogP contribution < -0.4 is 10.5 Å². The molecule has 22 heavy (non-hydrogen) atoms. The van der Waals surface area contributed by atoms with Crippen LogP contribution >= 0.6 is 0 Å². The number of hydrogen-bond acceptors (Lipinski definition) is 3. The van der Waals surface area contributed by atoms with Gasteiger partial charge in [-0.1, -0.05) is 12.1 Å². The van der Waals surface area contributed by atoms with E-state index in [0.717, 1.165) is 0 Å². The Kier molecular flexibility index (Phi) is 9.83. The van der Waals surface area contributed by atoms with Gasteiger partial charge >= 0.3 is 28.8 Å². The van der Waals surface area contributed by atoms with E-state index in [9.17, 15) is 0 Å². The molecular weight excluding hydrogens is 336 g/mol. The third-order valence-electron chi connectivity index (χ3n) is 2.20. The second-order valence-electron chi connectivity index (χ2n) is 3.65. The molecule has 0 aliphatic rings. The number of ether oxygens (including phenoxy) is 1. The van der Waals surface area contributed by atoms with Crippen molar-refractivity contribution in [1.29, 1.82) is 0 Å². The van der Waals surface area contributed by atoms with Crippen LogP contribution in [-0.4, -0.2) is 34.2 Å². The number of para-hydroxylation sites is 1. The Morgan fingerprint density at radius 3 is 2.45 bits per heavy atom. The number of nitrogens with two attached hydrogens (primary N) is 1. The number of nitrogens with zero attached hydrogens (tertiary/aromatic N) is 3. The summed E-state index contributed by atoms with van der Waals surface area (Å²) >= 11 is 0. The monoisotopic (exact) mass is 352 g/mol. The van der Waals surface area contributed by atoms with Gasteiger partial charge < -0.3 is 15.6 Å². The molecule has 8 heteroatoms. The third kappa shape index (κ3) is 7.28. The number of primary amides is 1. The number of carbonyl (C=O) groups excluding carboxylic acids is 1. The van der Waals surface area contributed by atoms with Crippen LogP contribution in [0, 0.1) is 0 Å². The first-order chi connectivity index (χ1) is 10.1. The van der Waals surface area contributed by atoms with Crippen molar-refractivity contribution in [3.63, 3.8) is 0 Å². The first-order valence-electron chi connectivity index (χ1n) is 5.94. The van der Waals surface area contributed by atoms with Crippen LogP contribution in [0.3, 0.4) is 0 Å². The summed E-state index contributed by atoms with van der Waals surface area (Å²) in [6, 6.07) is 10.2. The number of amides is 2. The van der Waals surface area contributed by atoms with Crippen molar-refractivity contribution in [2.45, 2.75) is 0 Å². The molecule has 7 nitrogen and oxygen atoms in total. The van der Waals surface area contributed by atoms with E-state index in [1.54, 1.807) is 30.6 Å². The second-order valence-corrected chi connectivity index (χ2v) is 3.65. The van der Waals surface area contributed by atoms with Crippen LogP contribution in [0.15, 0.2) is 53.9 Å². The fourth-order valence-electron chi connectivity index (χ4n) is 1.29. The number of pyridine rings is 1. The fourth-order valence-corrected chi connectivity index (χ4v) is 1.29. The van der Waals surface area contributed by atoms with Gasteiger partial charge in [0.2, 0.25) is 5.75 Å². The van der Waals surface area contributed by atoms with E-state index < -0.39 is 6.03 Å². The maximum Gasteiger partial charge on any atom is 2.00 e. The predicted octanol–water partition coefficient (Wildman–Crippen LogP) is 1.34. The summed E-state index contributed by atoms with van der Waals surface area (Å²) in [6.45, 7) is 0. The van der Waals surface area contributed by atoms with Gasteiger partial charge in [-0.05, 0) is 24.3 Å². The van der Waals surface area contributed by atoms with E-state index in [1.165, 1.54) is 13.3 Å². The maximum atomic E-state index is 8.54. The molecule has 1 aromatic carbocycles. The van der Waals surface area contributed by atoms with Gasteiger partial charge in [0.15, 0.2) is 0 Å². The summed E-state index contributed by atoms with van der Waals surface area (Å²) in [5, 5.41) is 11.2. The summed E-state index contributed by atoms with van der Waals surface area (Å²) < 4.78 is 4.95. The topological polar surface area (TPSA) is 119 Å².